The highest BCUT2D eigenvalue weighted by Crippen LogP contribution is 2.33. The van der Waals surface area contributed by atoms with Crippen molar-refractivity contribution in [2.45, 2.75) is 12.5 Å². The third-order valence-electron chi connectivity index (χ3n) is 4.07. The molecule has 0 aromatic heterocycles. The molecule has 0 saturated carbocycles. The van der Waals surface area contributed by atoms with Crippen molar-refractivity contribution in [1.82, 2.24) is 0 Å². The molecule has 0 unspecified atom stereocenters. The molecule has 130 valence electrons. The zero-order chi connectivity index (χ0) is 17.6. The van der Waals surface area contributed by atoms with Gasteiger partial charge in [0.05, 0.1) is 7.11 Å². The van der Waals surface area contributed by atoms with Crippen molar-refractivity contribution in [3.8, 4) is 29.1 Å². The van der Waals surface area contributed by atoms with Gasteiger partial charge in [0.25, 0.3) is 0 Å². The second-order valence-electron chi connectivity index (χ2n) is 5.78. The molecular formula is C20H20O5. The summed E-state index contributed by atoms with van der Waals surface area (Å²) >= 11 is 0. The standard InChI is InChI=1S/C20H20O5/c1-23-17-6-2-14(3-7-17)4-8-18(22)16(12-21)10-15-5-9-19-20(11-15)25-13-24-19/h2-3,5-7,9,11,16,18,21-22H,10,12-13H2,1H3/t16-,18-/m0/s1. The van der Waals surface area contributed by atoms with E-state index in [4.69, 9.17) is 14.2 Å². The molecule has 0 saturated heterocycles. The van der Waals surface area contributed by atoms with E-state index in [0.29, 0.717) is 17.9 Å². The van der Waals surface area contributed by atoms with Gasteiger partial charge >= 0.3 is 0 Å². The number of methoxy groups -OCH3 is 1. The Morgan fingerprint density at radius 3 is 2.60 bits per heavy atom. The summed E-state index contributed by atoms with van der Waals surface area (Å²) in [5.74, 6) is 7.50. The van der Waals surface area contributed by atoms with Crippen LogP contribution in [0.2, 0.25) is 0 Å². The van der Waals surface area contributed by atoms with Gasteiger partial charge in [-0.05, 0) is 48.4 Å². The van der Waals surface area contributed by atoms with Gasteiger partial charge in [0.15, 0.2) is 11.5 Å². The first-order valence-corrected chi connectivity index (χ1v) is 8.02. The summed E-state index contributed by atoms with van der Waals surface area (Å²) in [5, 5.41) is 19.9. The van der Waals surface area contributed by atoms with E-state index in [2.05, 4.69) is 11.8 Å². The maximum Gasteiger partial charge on any atom is 0.231 e. The highest BCUT2D eigenvalue weighted by molar-refractivity contribution is 5.44. The van der Waals surface area contributed by atoms with Crippen LogP contribution >= 0.6 is 0 Å². The summed E-state index contributed by atoms with van der Waals surface area (Å²) in [6.45, 7) is 0.0606. The Labute approximate surface area is 146 Å². The fourth-order valence-electron chi connectivity index (χ4n) is 2.60. The second kappa shape index (κ2) is 7.93. The van der Waals surface area contributed by atoms with Crippen LogP contribution in [0.4, 0.5) is 0 Å². The number of hydrogen-bond donors (Lipinski definition) is 2. The van der Waals surface area contributed by atoms with Gasteiger partial charge in [-0.15, -0.1) is 0 Å². The molecule has 1 aliphatic rings. The zero-order valence-electron chi connectivity index (χ0n) is 13.9. The van der Waals surface area contributed by atoms with Crippen LogP contribution in [0.25, 0.3) is 0 Å². The van der Waals surface area contributed by atoms with Crippen molar-refractivity contribution in [2.75, 3.05) is 20.5 Å². The summed E-state index contributed by atoms with van der Waals surface area (Å²) < 4.78 is 15.7. The van der Waals surface area contributed by atoms with Crippen molar-refractivity contribution in [3.63, 3.8) is 0 Å². The van der Waals surface area contributed by atoms with Crippen LogP contribution in [-0.2, 0) is 6.42 Å². The predicted molar refractivity (Wildman–Crippen MR) is 92.7 cm³/mol. The van der Waals surface area contributed by atoms with Crippen LogP contribution in [-0.4, -0.2) is 36.8 Å². The fourth-order valence-corrected chi connectivity index (χ4v) is 2.60. The molecule has 0 amide bonds. The Morgan fingerprint density at radius 1 is 1.12 bits per heavy atom. The molecule has 2 aromatic carbocycles. The Balaban J connectivity index is 1.67. The van der Waals surface area contributed by atoms with Crippen LogP contribution in [0.3, 0.4) is 0 Å². The van der Waals surface area contributed by atoms with Crippen molar-refractivity contribution in [2.24, 2.45) is 5.92 Å². The van der Waals surface area contributed by atoms with Crippen molar-refractivity contribution < 1.29 is 24.4 Å². The minimum absolute atomic E-state index is 0.160. The first-order valence-electron chi connectivity index (χ1n) is 8.02. The molecular weight excluding hydrogens is 320 g/mol. The molecule has 0 spiro atoms. The smallest absolute Gasteiger partial charge is 0.231 e. The van der Waals surface area contributed by atoms with Crippen LogP contribution in [0.1, 0.15) is 11.1 Å². The van der Waals surface area contributed by atoms with E-state index in [9.17, 15) is 10.2 Å². The number of ether oxygens (including phenoxy) is 3. The summed E-state index contributed by atoms with van der Waals surface area (Å²) in [7, 11) is 1.60. The lowest BCUT2D eigenvalue weighted by molar-refractivity contribution is 0.107. The van der Waals surface area contributed by atoms with E-state index < -0.39 is 6.10 Å². The van der Waals surface area contributed by atoms with Crippen LogP contribution in [0.15, 0.2) is 42.5 Å². The van der Waals surface area contributed by atoms with Crippen LogP contribution < -0.4 is 14.2 Å². The Hall–Kier alpha value is -2.68. The summed E-state index contributed by atoms with van der Waals surface area (Å²) in [5.41, 5.74) is 1.73. The third kappa shape index (κ3) is 4.24. The van der Waals surface area contributed by atoms with Crippen molar-refractivity contribution >= 4 is 0 Å². The van der Waals surface area contributed by atoms with E-state index in [1.165, 1.54) is 0 Å². The van der Waals surface area contributed by atoms with Crippen LogP contribution in [0.5, 0.6) is 17.2 Å². The quantitative estimate of drug-likeness (QED) is 0.815. The molecule has 2 aromatic rings. The molecule has 0 aliphatic carbocycles. The molecule has 5 nitrogen and oxygen atoms in total. The number of rotatable bonds is 5. The molecule has 5 heteroatoms. The lowest BCUT2D eigenvalue weighted by atomic mass is 9.94. The summed E-state index contributed by atoms with van der Waals surface area (Å²) in [6, 6.07) is 12.9. The zero-order valence-corrected chi connectivity index (χ0v) is 13.9. The molecule has 0 bridgehead atoms. The maximum absolute atomic E-state index is 10.3. The van der Waals surface area contributed by atoms with Gasteiger partial charge in [-0.2, -0.15) is 0 Å². The summed E-state index contributed by atoms with van der Waals surface area (Å²) in [4.78, 5) is 0. The normalized spacial score (nSPS) is 14.4. The first kappa shape index (κ1) is 17.2. The van der Waals surface area contributed by atoms with E-state index >= 15 is 0 Å². The second-order valence-corrected chi connectivity index (χ2v) is 5.78. The topological polar surface area (TPSA) is 68.2 Å². The first-order chi connectivity index (χ1) is 12.2. The van der Waals surface area contributed by atoms with E-state index in [1.54, 1.807) is 7.11 Å². The van der Waals surface area contributed by atoms with Crippen molar-refractivity contribution in [1.29, 1.82) is 0 Å². The fraction of sp³-hybridized carbons (Fsp3) is 0.300. The molecule has 2 N–H and O–H groups in total. The molecule has 1 heterocycles. The van der Waals surface area contributed by atoms with Gasteiger partial charge in [0.1, 0.15) is 11.9 Å². The van der Waals surface area contributed by atoms with E-state index in [-0.39, 0.29) is 19.3 Å². The number of benzene rings is 2. The summed E-state index contributed by atoms with van der Waals surface area (Å²) in [6.07, 6.45) is -0.441. The number of fused-ring (bicyclic) bond motifs is 1. The largest absolute Gasteiger partial charge is 0.497 e. The van der Waals surface area contributed by atoms with Gasteiger partial charge < -0.3 is 24.4 Å². The molecule has 3 rings (SSSR count). The van der Waals surface area contributed by atoms with Crippen molar-refractivity contribution in [3.05, 3.63) is 53.6 Å². The highest BCUT2D eigenvalue weighted by Gasteiger charge is 2.19. The monoisotopic (exact) mass is 340 g/mol. The minimum Gasteiger partial charge on any atom is -0.497 e. The minimum atomic E-state index is -0.933. The maximum atomic E-state index is 10.3. The number of hydrogen-bond acceptors (Lipinski definition) is 5. The van der Waals surface area contributed by atoms with E-state index in [1.807, 2.05) is 42.5 Å². The Bertz CT molecular complexity index is 773. The lowest BCUT2D eigenvalue weighted by Crippen LogP contribution is -2.24. The highest BCUT2D eigenvalue weighted by atomic mass is 16.7. The average Bonchev–Trinajstić information content (AvgIpc) is 3.12. The van der Waals surface area contributed by atoms with Gasteiger partial charge in [0, 0.05) is 18.1 Å². The predicted octanol–water partition coefficient (Wildman–Crippen LogP) is 1.99. The molecule has 1 aliphatic heterocycles. The Kier molecular flexibility index (Phi) is 5.44. The SMILES string of the molecule is COc1ccc(C#C[C@H](O)[C@H](CO)Cc2ccc3c(c2)OCO3)cc1. The van der Waals surface area contributed by atoms with Gasteiger partial charge in [-0.1, -0.05) is 17.9 Å². The molecule has 25 heavy (non-hydrogen) atoms. The number of aliphatic hydroxyl groups is 2. The average molecular weight is 340 g/mol. The Morgan fingerprint density at radius 2 is 1.88 bits per heavy atom. The lowest BCUT2D eigenvalue weighted by Gasteiger charge is -2.16. The molecule has 0 radical (unpaired) electrons. The number of aliphatic hydroxyl groups excluding tert-OH is 2. The van der Waals surface area contributed by atoms with Crippen LogP contribution in [0, 0.1) is 17.8 Å². The third-order valence-corrected chi connectivity index (χ3v) is 4.07. The molecule has 2 atom stereocenters. The van der Waals surface area contributed by atoms with Gasteiger partial charge in [-0.3, -0.25) is 0 Å². The van der Waals surface area contributed by atoms with Gasteiger partial charge in [0.2, 0.25) is 6.79 Å². The van der Waals surface area contributed by atoms with E-state index in [0.717, 1.165) is 16.9 Å². The molecule has 0 fully saturated rings. The van der Waals surface area contributed by atoms with Gasteiger partial charge in [-0.25, -0.2) is 0 Å².